The number of nitrogens with one attached hydrogen (secondary N) is 2. The highest BCUT2D eigenvalue weighted by atomic mass is 16.2. The quantitative estimate of drug-likeness (QED) is 0.633. The van der Waals surface area contributed by atoms with Gasteiger partial charge in [0, 0.05) is 31.6 Å². The number of aryl methyl sites for hydroxylation is 1. The molecule has 0 aliphatic rings. The summed E-state index contributed by atoms with van der Waals surface area (Å²) in [5.41, 5.74) is 8.73. The van der Waals surface area contributed by atoms with Crippen molar-refractivity contribution in [1.29, 1.82) is 0 Å². The van der Waals surface area contributed by atoms with Crippen LogP contribution in [0.5, 0.6) is 0 Å². The summed E-state index contributed by atoms with van der Waals surface area (Å²) in [5.74, 6) is 0.0602. The molecular formula is C16H25N3O2. The molecule has 116 valence electrons. The van der Waals surface area contributed by atoms with Crippen molar-refractivity contribution in [3.05, 3.63) is 29.3 Å². The van der Waals surface area contributed by atoms with Crippen LogP contribution in [-0.4, -0.2) is 24.9 Å². The Kier molecular flexibility index (Phi) is 7.29. The molecule has 5 nitrogen and oxygen atoms in total. The van der Waals surface area contributed by atoms with E-state index < -0.39 is 0 Å². The summed E-state index contributed by atoms with van der Waals surface area (Å²) in [6.07, 6.45) is 2.09. The lowest BCUT2D eigenvalue weighted by Gasteiger charge is -2.12. The molecule has 0 aromatic heterocycles. The van der Waals surface area contributed by atoms with Crippen molar-refractivity contribution in [2.24, 2.45) is 0 Å². The van der Waals surface area contributed by atoms with Crippen LogP contribution < -0.4 is 16.4 Å². The van der Waals surface area contributed by atoms with E-state index in [1.165, 1.54) is 0 Å². The van der Waals surface area contributed by atoms with Crippen LogP contribution in [0.15, 0.2) is 18.2 Å². The maximum absolute atomic E-state index is 11.6. The van der Waals surface area contributed by atoms with Crippen molar-refractivity contribution in [1.82, 2.24) is 10.6 Å². The number of nitrogen functional groups attached to an aromatic ring is 1. The number of carbonyl (C=O) groups excluding carboxylic acids is 2. The third kappa shape index (κ3) is 5.85. The molecule has 1 rings (SSSR count). The highest BCUT2D eigenvalue weighted by Crippen LogP contribution is 2.20. The zero-order valence-corrected chi connectivity index (χ0v) is 12.9. The molecule has 0 saturated carbocycles. The van der Waals surface area contributed by atoms with E-state index in [2.05, 4.69) is 10.6 Å². The molecule has 5 heteroatoms. The van der Waals surface area contributed by atoms with Crippen molar-refractivity contribution in [2.75, 3.05) is 18.8 Å². The van der Waals surface area contributed by atoms with Crippen LogP contribution >= 0.6 is 0 Å². The molecule has 0 atom stereocenters. The number of carbonyl (C=O) groups is 2. The lowest BCUT2D eigenvalue weighted by molar-refractivity contribution is -0.121. The Hall–Kier alpha value is -2.04. The van der Waals surface area contributed by atoms with Crippen LogP contribution in [-0.2, 0) is 22.4 Å². The van der Waals surface area contributed by atoms with Crippen LogP contribution in [0.25, 0.3) is 0 Å². The van der Waals surface area contributed by atoms with Crippen molar-refractivity contribution in [2.45, 2.75) is 39.5 Å². The van der Waals surface area contributed by atoms with E-state index in [1.54, 1.807) is 0 Å². The third-order valence-corrected chi connectivity index (χ3v) is 3.28. The summed E-state index contributed by atoms with van der Waals surface area (Å²) < 4.78 is 0. The second kappa shape index (κ2) is 9.00. The fraction of sp³-hybridized carbons (Fsp3) is 0.500. The van der Waals surface area contributed by atoms with Crippen LogP contribution in [0.2, 0.25) is 0 Å². The normalized spacial score (nSPS) is 10.2. The monoisotopic (exact) mass is 291 g/mol. The summed E-state index contributed by atoms with van der Waals surface area (Å²) in [6, 6.07) is 5.70. The Labute approximate surface area is 126 Å². The molecule has 0 spiro atoms. The highest BCUT2D eigenvalue weighted by molar-refractivity contribution is 5.77. The number of hydrogen-bond donors (Lipinski definition) is 3. The van der Waals surface area contributed by atoms with Crippen LogP contribution in [0.1, 0.15) is 37.8 Å². The number of anilines is 1. The molecule has 0 aliphatic heterocycles. The van der Waals surface area contributed by atoms with Gasteiger partial charge in [0.2, 0.25) is 11.8 Å². The van der Waals surface area contributed by atoms with Crippen molar-refractivity contribution < 1.29 is 9.59 Å². The number of benzene rings is 1. The lowest BCUT2D eigenvalue weighted by Crippen LogP contribution is -2.24. The largest absolute Gasteiger partial charge is 0.398 e. The maximum Gasteiger partial charge on any atom is 0.220 e. The molecule has 0 radical (unpaired) electrons. The van der Waals surface area contributed by atoms with Gasteiger partial charge in [0.1, 0.15) is 0 Å². The van der Waals surface area contributed by atoms with E-state index in [-0.39, 0.29) is 11.8 Å². The predicted molar refractivity (Wildman–Crippen MR) is 84.9 cm³/mol. The van der Waals surface area contributed by atoms with Gasteiger partial charge in [0.15, 0.2) is 0 Å². The van der Waals surface area contributed by atoms with Crippen LogP contribution in [0, 0.1) is 0 Å². The van der Waals surface area contributed by atoms with Gasteiger partial charge in [0.05, 0.1) is 0 Å². The van der Waals surface area contributed by atoms with Gasteiger partial charge in [0.25, 0.3) is 0 Å². The van der Waals surface area contributed by atoms with Crippen LogP contribution in [0.3, 0.4) is 0 Å². The predicted octanol–water partition coefficient (Wildman–Crippen LogP) is 1.41. The number of hydrogen-bond acceptors (Lipinski definition) is 3. The Bertz CT molecular complexity index is 486. The molecular weight excluding hydrogens is 266 g/mol. The lowest BCUT2D eigenvalue weighted by atomic mass is 9.97. The summed E-state index contributed by atoms with van der Waals surface area (Å²) in [6.45, 7) is 5.07. The zero-order valence-electron chi connectivity index (χ0n) is 12.9. The van der Waals surface area contributed by atoms with Gasteiger partial charge in [-0.15, -0.1) is 0 Å². The van der Waals surface area contributed by atoms with Gasteiger partial charge in [-0.2, -0.15) is 0 Å². The van der Waals surface area contributed by atoms with Gasteiger partial charge in [-0.05, 0) is 43.9 Å². The SMILES string of the molecule is CCNC(=O)CCc1cccc(N)c1CCC(=O)NCC. The average Bonchev–Trinajstić information content (AvgIpc) is 2.44. The van der Waals surface area contributed by atoms with E-state index in [9.17, 15) is 9.59 Å². The minimum atomic E-state index is 0.0235. The van der Waals surface area contributed by atoms with E-state index in [4.69, 9.17) is 5.73 Å². The van der Waals surface area contributed by atoms with Crippen molar-refractivity contribution >= 4 is 17.5 Å². The second-order valence-corrected chi connectivity index (χ2v) is 4.89. The third-order valence-electron chi connectivity index (χ3n) is 3.28. The van der Waals surface area contributed by atoms with E-state index in [1.807, 2.05) is 32.0 Å². The van der Waals surface area contributed by atoms with Gasteiger partial charge in [-0.3, -0.25) is 9.59 Å². The Morgan fingerprint density at radius 1 is 1.00 bits per heavy atom. The first-order valence-corrected chi connectivity index (χ1v) is 7.48. The molecule has 0 fully saturated rings. The Balaban J connectivity index is 2.69. The first-order valence-electron chi connectivity index (χ1n) is 7.48. The first kappa shape index (κ1) is 17.0. The Morgan fingerprint density at radius 3 is 2.14 bits per heavy atom. The first-order chi connectivity index (χ1) is 10.1. The number of amides is 2. The minimum Gasteiger partial charge on any atom is -0.398 e. The average molecular weight is 291 g/mol. The van der Waals surface area contributed by atoms with E-state index in [0.29, 0.717) is 44.5 Å². The molecule has 0 saturated heterocycles. The van der Waals surface area contributed by atoms with Crippen LogP contribution in [0.4, 0.5) is 5.69 Å². The van der Waals surface area contributed by atoms with E-state index >= 15 is 0 Å². The second-order valence-electron chi connectivity index (χ2n) is 4.89. The smallest absolute Gasteiger partial charge is 0.220 e. The zero-order chi connectivity index (χ0) is 15.7. The van der Waals surface area contributed by atoms with Gasteiger partial charge in [-0.1, -0.05) is 12.1 Å². The van der Waals surface area contributed by atoms with Gasteiger partial charge >= 0.3 is 0 Å². The number of rotatable bonds is 8. The maximum atomic E-state index is 11.6. The number of nitrogens with two attached hydrogens (primary N) is 1. The molecule has 0 unspecified atom stereocenters. The van der Waals surface area contributed by atoms with Crippen molar-refractivity contribution in [3.63, 3.8) is 0 Å². The molecule has 2 amide bonds. The molecule has 1 aromatic carbocycles. The van der Waals surface area contributed by atoms with Gasteiger partial charge in [-0.25, -0.2) is 0 Å². The fourth-order valence-corrected chi connectivity index (χ4v) is 2.25. The summed E-state index contributed by atoms with van der Waals surface area (Å²) >= 11 is 0. The topological polar surface area (TPSA) is 84.2 Å². The van der Waals surface area contributed by atoms with Crippen molar-refractivity contribution in [3.8, 4) is 0 Å². The molecule has 1 aromatic rings. The molecule has 0 aliphatic carbocycles. The standard InChI is InChI=1S/C16H25N3O2/c1-3-18-15(20)10-8-12-6-5-7-14(17)13(12)9-11-16(21)19-4-2/h5-7H,3-4,8-11,17H2,1-2H3,(H,18,20)(H,19,21). The molecule has 4 N–H and O–H groups in total. The summed E-state index contributed by atoms with van der Waals surface area (Å²) in [7, 11) is 0. The molecule has 0 bridgehead atoms. The highest BCUT2D eigenvalue weighted by Gasteiger charge is 2.10. The fourth-order valence-electron chi connectivity index (χ4n) is 2.25. The summed E-state index contributed by atoms with van der Waals surface area (Å²) in [4.78, 5) is 23.1. The van der Waals surface area contributed by atoms with Gasteiger partial charge < -0.3 is 16.4 Å². The molecule has 0 heterocycles. The minimum absolute atomic E-state index is 0.0235. The summed E-state index contributed by atoms with van der Waals surface area (Å²) in [5, 5.41) is 5.56. The molecule has 21 heavy (non-hydrogen) atoms. The Morgan fingerprint density at radius 2 is 1.57 bits per heavy atom. The van der Waals surface area contributed by atoms with E-state index in [0.717, 1.165) is 11.1 Å².